The Hall–Kier alpha value is -2.82. The first kappa shape index (κ1) is 21.9. The number of ether oxygens (including phenoxy) is 1. The fourth-order valence-corrected chi connectivity index (χ4v) is 3.13. The van der Waals surface area contributed by atoms with Gasteiger partial charge in [-0.2, -0.15) is 13.2 Å². The summed E-state index contributed by atoms with van der Waals surface area (Å²) in [6, 6.07) is 0.772. The monoisotopic (exact) mass is 445 g/mol. The number of aromatic amines is 1. The van der Waals surface area contributed by atoms with Gasteiger partial charge in [0, 0.05) is 38.8 Å². The predicted octanol–water partition coefficient (Wildman–Crippen LogP) is 2.73. The van der Waals surface area contributed by atoms with Gasteiger partial charge in [0.1, 0.15) is 11.7 Å². The summed E-state index contributed by atoms with van der Waals surface area (Å²) < 4.78 is 43.9. The second-order valence-electron chi connectivity index (χ2n) is 6.82. The number of aromatic nitrogens is 3. The molecule has 0 bridgehead atoms. The molecule has 2 aromatic rings. The molecule has 2 aromatic heterocycles. The third-order valence-electron chi connectivity index (χ3n) is 4.52. The molecule has 1 N–H and O–H groups in total. The van der Waals surface area contributed by atoms with Gasteiger partial charge in [-0.15, -0.1) is 0 Å². The Morgan fingerprint density at radius 1 is 1.27 bits per heavy atom. The number of nitrogens with zero attached hydrogens (tertiary/aromatic N) is 4. The first-order valence-electron chi connectivity index (χ1n) is 9.10. The molecular formula is C18H19ClF3N5O3. The van der Waals surface area contributed by atoms with E-state index in [-0.39, 0.29) is 12.0 Å². The Morgan fingerprint density at radius 2 is 1.90 bits per heavy atom. The summed E-state index contributed by atoms with van der Waals surface area (Å²) in [5, 5.41) is 0.430. The molecule has 3 rings (SSSR count). The number of halogens is 4. The highest BCUT2D eigenvalue weighted by atomic mass is 35.5. The largest absolute Gasteiger partial charge is 0.446 e. The molecule has 1 amide bonds. The van der Waals surface area contributed by atoms with Crippen molar-refractivity contribution in [3.63, 3.8) is 0 Å². The van der Waals surface area contributed by atoms with E-state index >= 15 is 0 Å². The van der Waals surface area contributed by atoms with E-state index in [1.165, 1.54) is 23.5 Å². The number of hydrogen-bond acceptors (Lipinski definition) is 6. The lowest BCUT2D eigenvalue weighted by atomic mass is 10.1. The van der Waals surface area contributed by atoms with Crippen molar-refractivity contribution >= 4 is 23.6 Å². The van der Waals surface area contributed by atoms with E-state index in [2.05, 4.69) is 15.0 Å². The van der Waals surface area contributed by atoms with Crippen LogP contribution in [0.5, 0.6) is 0 Å². The van der Waals surface area contributed by atoms with E-state index in [1.807, 2.05) is 4.90 Å². The molecule has 1 atom stereocenters. The molecule has 1 fully saturated rings. The van der Waals surface area contributed by atoms with Crippen molar-refractivity contribution in [2.75, 3.05) is 31.1 Å². The van der Waals surface area contributed by atoms with Gasteiger partial charge in [-0.1, -0.05) is 11.6 Å². The Labute approximate surface area is 174 Å². The minimum absolute atomic E-state index is 0.0319. The van der Waals surface area contributed by atoms with Gasteiger partial charge in [0.2, 0.25) is 5.95 Å². The van der Waals surface area contributed by atoms with E-state index < -0.39 is 29.5 Å². The molecule has 0 radical (unpaired) electrons. The number of carbonyl (C=O) groups is 1. The van der Waals surface area contributed by atoms with Crippen molar-refractivity contribution in [3.8, 4) is 0 Å². The maximum absolute atomic E-state index is 12.9. The van der Waals surface area contributed by atoms with Crippen LogP contribution in [-0.4, -0.2) is 58.2 Å². The summed E-state index contributed by atoms with van der Waals surface area (Å²) >= 11 is 5.77. The molecule has 0 aromatic carbocycles. The van der Waals surface area contributed by atoms with E-state index in [9.17, 15) is 22.8 Å². The van der Waals surface area contributed by atoms with Crippen LogP contribution in [0.3, 0.4) is 0 Å². The Morgan fingerprint density at radius 3 is 2.50 bits per heavy atom. The van der Waals surface area contributed by atoms with Crippen LogP contribution in [0.2, 0.25) is 5.02 Å². The molecule has 1 aliphatic rings. The van der Waals surface area contributed by atoms with Crippen molar-refractivity contribution in [1.29, 1.82) is 0 Å². The zero-order chi connectivity index (χ0) is 21.9. The number of rotatable bonds is 4. The van der Waals surface area contributed by atoms with Gasteiger partial charge in [-0.05, 0) is 18.6 Å². The van der Waals surface area contributed by atoms with Crippen molar-refractivity contribution in [2.24, 2.45) is 0 Å². The number of carbonyl (C=O) groups excluding carboxylic acids is 1. The summed E-state index contributed by atoms with van der Waals surface area (Å²) in [6.07, 6.45) is -1.78. The van der Waals surface area contributed by atoms with E-state index in [0.717, 1.165) is 6.07 Å². The van der Waals surface area contributed by atoms with Crippen LogP contribution in [0, 0.1) is 0 Å². The quantitative estimate of drug-likeness (QED) is 0.778. The summed E-state index contributed by atoms with van der Waals surface area (Å²) in [4.78, 5) is 37.5. The number of alkyl halides is 3. The summed E-state index contributed by atoms with van der Waals surface area (Å²) in [5.74, 6) is 0.513. The van der Waals surface area contributed by atoms with Crippen LogP contribution in [0.4, 0.5) is 23.9 Å². The Balaban J connectivity index is 1.53. The molecule has 1 aliphatic heterocycles. The van der Waals surface area contributed by atoms with Gasteiger partial charge in [0.25, 0.3) is 5.56 Å². The molecule has 3 heterocycles. The third-order valence-corrected chi connectivity index (χ3v) is 4.72. The number of nitrogens with one attached hydrogen (secondary N) is 1. The maximum Gasteiger partial charge on any atom is 0.421 e. The second kappa shape index (κ2) is 8.90. The zero-order valence-corrected chi connectivity index (χ0v) is 16.7. The number of hydrogen-bond donors (Lipinski definition) is 1. The molecule has 0 aliphatic carbocycles. The van der Waals surface area contributed by atoms with Crippen LogP contribution in [0.15, 0.2) is 29.5 Å². The second-order valence-corrected chi connectivity index (χ2v) is 7.26. The summed E-state index contributed by atoms with van der Waals surface area (Å²) in [7, 11) is 0. The van der Waals surface area contributed by atoms with Crippen LogP contribution in [0.25, 0.3) is 0 Å². The normalized spacial score (nSPS) is 15.8. The number of pyridine rings is 1. The van der Waals surface area contributed by atoms with Crippen LogP contribution < -0.4 is 10.5 Å². The Kier molecular flexibility index (Phi) is 6.49. The maximum atomic E-state index is 12.9. The average Bonchev–Trinajstić information content (AvgIpc) is 2.69. The van der Waals surface area contributed by atoms with Crippen LogP contribution >= 0.6 is 11.6 Å². The standard InChI is InChI=1S/C18H19ClF3N5O3/c1-11(6-12-7-14(18(20,21)22)15(28)23-8-12)30-17(29)27-4-2-26(3-5-27)16-24-9-13(19)10-25-16/h7-11H,2-6H2,1H3,(H,23,28)/t11-/m0/s1. The fourth-order valence-electron chi connectivity index (χ4n) is 3.04. The highest BCUT2D eigenvalue weighted by Crippen LogP contribution is 2.27. The molecule has 0 saturated carbocycles. The Bertz CT molecular complexity index is 943. The predicted molar refractivity (Wildman–Crippen MR) is 103 cm³/mol. The highest BCUT2D eigenvalue weighted by molar-refractivity contribution is 6.30. The first-order valence-corrected chi connectivity index (χ1v) is 9.48. The number of H-pyrrole nitrogens is 1. The van der Waals surface area contributed by atoms with Crippen LogP contribution in [-0.2, 0) is 17.3 Å². The van der Waals surface area contributed by atoms with Gasteiger partial charge in [0.15, 0.2) is 0 Å². The molecule has 1 saturated heterocycles. The molecule has 0 unspecified atom stereocenters. The number of piperazine rings is 1. The van der Waals surface area contributed by atoms with Crippen molar-refractivity contribution in [3.05, 3.63) is 51.2 Å². The van der Waals surface area contributed by atoms with Crippen molar-refractivity contribution < 1.29 is 22.7 Å². The number of amides is 1. The van der Waals surface area contributed by atoms with E-state index in [1.54, 1.807) is 6.92 Å². The first-order chi connectivity index (χ1) is 14.1. The van der Waals surface area contributed by atoms with Crippen LogP contribution in [0.1, 0.15) is 18.1 Å². The fraction of sp³-hybridized carbons (Fsp3) is 0.444. The minimum atomic E-state index is -4.75. The molecular weight excluding hydrogens is 427 g/mol. The van der Waals surface area contributed by atoms with E-state index in [0.29, 0.717) is 37.1 Å². The van der Waals surface area contributed by atoms with Gasteiger partial charge in [-0.25, -0.2) is 14.8 Å². The topological polar surface area (TPSA) is 91.4 Å². The van der Waals surface area contributed by atoms with Gasteiger partial charge in [-0.3, -0.25) is 4.79 Å². The van der Waals surface area contributed by atoms with Gasteiger partial charge >= 0.3 is 12.3 Å². The van der Waals surface area contributed by atoms with Crippen molar-refractivity contribution in [2.45, 2.75) is 25.6 Å². The smallest absolute Gasteiger partial charge is 0.421 e. The lowest BCUT2D eigenvalue weighted by molar-refractivity contribution is -0.138. The molecule has 12 heteroatoms. The molecule has 30 heavy (non-hydrogen) atoms. The third kappa shape index (κ3) is 5.41. The summed E-state index contributed by atoms with van der Waals surface area (Å²) in [6.45, 7) is 3.34. The lowest BCUT2D eigenvalue weighted by Crippen LogP contribution is -2.50. The molecule has 8 nitrogen and oxygen atoms in total. The summed E-state index contributed by atoms with van der Waals surface area (Å²) in [5.41, 5.74) is -2.27. The van der Waals surface area contributed by atoms with Gasteiger partial charge < -0.3 is 19.5 Å². The lowest BCUT2D eigenvalue weighted by Gasteiger charge is -2.34. The highest BCUT2D eigenvalue weighted by Gasteiger charge is 2.34. The number of anilines is 1. The molecule has 0 spiro atoms. The minimum Gasteiger partial charge on any atom is -0.446 e. The SMILES string of the molecule is C[C@@H](Cc1c[nH]c(=O)c(C(F)(F)F)c1)OC(=O)N1CCN(c2ncc(Cl)cn2)CC1. The molecule has 162 valence electrons. The zero-order valence-electron chi connectivity index (χ0n) is 15.9. The van der Waals surface area contributed by atoms with Crippen molar-refractivity contribution in [1.82, 2.24) is 19.9 Å². The average molecular weight is 446 g/mol. The van der Waals surface area contributed by atoms with E-state index in [4.69, 9.17) is 16.3 Å². The van der Waals surface area contributed by atoms with Gasteiger partial charge in [0.05, 0.1) is 17.4 Å².